The molecule has 11 heavy (non-hydrogen) atoms. The number of benzene rings is 1. The molecule has 0 saturated carbocycles. The van der Waals surface area contributed by atoms with Gasteiger partial charge in [-0.05, 0) is 18.2 Å². The number of anilines is 1. The summed E-state index contributed by atoms with van der Waals surface area (Å²) in [5.74, 6) is 0.749. The Morgan fingerprint density at radius 2 is 2.09 bits per heavy atom. The third-order valence-corrected chi connectivity index (χ3v) is 1.57. The van der Waals surface area contributed by atoms with Gasteiger partial charge in [0.2, 0.25) is 0 Å². The Kier molecular flexibility index (Phi) is 4.43. The van der Waals surface area contributed by atoms with Crippen molar-refractivity contribution in [3.63, 3.8) is 0 Å². The van der Waals surface area contributed by atoms with E-state index >= 15 is 0 Å². The SMILES string of the molecule is COc1ccc(N)c([S-])c1.[Re]. The summed E-state index contributed by atoms with van der Waals surface area (Å²) in [5.41, 5.74) is 6.10. The van der Waals surface area contributed by atoms with E-state index in [1.165, 1.54) is 0 Å². The second-order valence-electron chi connectivity index (χ2n) is 1.90. The summed E-state index contributed by atoms with van der Waals surface area (Å²) >= 11 is 4.90. The van der Waals surface area contributed by atoms with Gasteiger partial charge in [0.25, 0.3) is 0 Å². The summed E-state index contributed by atoms with van der Waals surface area (Å²) < 4.78 is 4.93. The van der Waals surface area contributed by atoms with Crippen molar-refractivity contribution in [1.29, 1.82) is 0 Å². The molecule has 0 fully saturated rings. The van der Waals surface area contributed by atoms with Crippen molar-refractivity contribution < 1.29 is 25.2 Å². The normalized spacial score (nSPS) is 8.45. The number of hydrogen-bond acceptors (Lipinski definition) is 3. The fourth-order valence-corrected chi connectivity index (χ4v) is 0.826. The summed E-state index contributed by atoms with van der Waals surface area (Å²) in [4.78, 5) is 0.638. The van der Waals surface area contributed by atoms with Gasteiger partial charge >= 0.3 is 0 Å². The van der Waals surface area contributed by atoms with Crippen molar-refractivity contribution in [1.82, 2.24) is 0 Å². The molecule has 0 bridgehead atoms. The Bertz CT molecular complexity index is 242. The van der Waals surface area contributed by atoms with Crippen molar-refractivity contribution in [2.75, 3.05) is 12.8 Å². The standard InChI is InChI=1S/C7H9NOS.Re/c1-9-5-2-3-6(8)7(10)4-5;/h2-4,10H,8H2,1H3;/p-1. The van der Waals surface area contributed by atoms with Crippen LogP contribution in [0.4, 0.5) is 5.69 Å². The summed E-state index contributed by atoms with van der Waals surface area (Å²) in [7, 11) is 1.60. The van der Waals surface area contributed by atoms with E-state index in [2.05, 4.69) is 0 Å². The predicted molar refractivity (Wildman–Crippen MR) is 43.0 cm³/mol. The zero-order valence-electron chi connectivity index (χ0n) is 6.00. The molecule has 1 aromatic rings. The second kappa shape index (κ2) is 4.55. The van der Waals surface area contributed by atoms with Crippen LogP contribution in [0, 0.1) is 0 Å². The molecule has 4 heteroatoms. The molecule has 0 aliphatic rings. The molecule has 0 aliphatic carbocycles. The van der Waals surface area contributed by atoms with Crippen LogP contribution in [0.15, 0.2) is 23.1 Å². The maximum absolute atomic E-state index is 5.48. The summed E-state index contributed by atoms with van der Waals surface area (Å²) in [6.07, 6.45) is 0. The molecule has 0 aromatic heterocycles. The number of nitrogen functional groups attached to an aromatic ring is 1. The topological polar surface area (TPSA) is 35.2 Å². The number of ether oxygens (including phenoxy) is 1. The maximum Gasteiger partial charge on any atom is 0.117 e. The molecule has 0 unspecified atom stereocenters. The Balaban J connectivity index is 0.000001000. The van der Waals surface area contributed by atoms with Gasteiger partial charge in [0.1, 0.15) is 5.75 Å². The summed E-state index contributed by atoms with van der Waals surface area (Å²) in [5, 5.41) is 0. The van der Waals surface area contributed by atoms with Gasteiger partial charge in [0.15, 0.2) is 0 Å². The molecule has 1 aromatic carbocycles. The van der Waals surface area contributed by atoms with Crippen LogP contribution >= 0.6 is 0 Å². The Labute approximate surface area is 85.2 Å². The van der Waals surface area contributed by atoms with E-state index in [4.69, 9.17) is 23.1 Å². The van der Waals surface area contributed by atoms with Crippen LogP contribution in [0.2, 0.25) is 0 Å². The Hall–Kier alpha value is -0.298. The second-order valence-corrected chi connectivity index (χ2v) is 2.34. The first-order chi connectivity index (χ1) is 4.74. The molecule has 0 amide bonds. The van der Waals surface area contributed by atoms with Crippen LogP contribution in [0.5, 0.6) is 5.75 Å². The average Bonchev–Trinajstić information content (AvgIpc) is 1.95. The van der Waals surface area contributed by atoms with E-state index < -0.39 is 0 Å². The van der Waals surface area contributed by atoms with Gasteiger partial charge in [-0.2, -0.15) is 0 Å². The number of methoxy groups -OCH3 is 1. The quantitative estimate of drug-likeness (QED) is 0.616. The first kappa shape index (κ1) is 10.7. The summed E-state index contributed by atoms with van der Waals surface area (Å²) in [6, 6.07) is 5.25. The summed E-state index contributed by atoms with van der Waals surface area (Å²) in [6.45, 7) is 0. The molecule has 0 spiro atoms. The molecule has 2 nitrogen and oxygen atoms in total. The van der Waals surface area contributed by atoms with Gasteiger partial charge in [-0.25, -0.2) is 0 Å². The maximum atomic E-state index is 5.48. The van der Waals surface area contributed by atoms with E-state index in [9.17, 15) is 0 Å². The molecule has 0 saturated heterocycles. The van der Waals surface area contributed by atoms with Crippen molar-refractivity contribution >= 4 is 18.3 Å². The number of hydrogen-bond donors (Lipinski definition) is 1. The monoisotopic (exact) mass is 341 g/mol. The van der Waals surface area contributed by atoms with Gasteiger partial charge in [0.05, 0.1) is 7.11 Å². The number of nitrogens with two attached hydrogens (primary N) is 1. The fraction of sp³-hybridized carbons (Fsp3) is 0.143. The van der Waals surface area contributed by atoms with E-state index in [0.717, 1.165) is 5.75 Å². The van der Waals surface area contributed by atoms with Gasteiger partial charge in [-0.3, -0.25) is 0 Å². The van der Waals surface area contributed by atoms with Crippen LogP contribution in [0.1, 0.15) is 0 Å². The van der Waals surface area contributed by atoms with Crippen molar-refractivity contribution in [2.24, 2.45) is 0 Å². The molecule has 61 valence electrons. The molecular weight excluding hydrogens is 332 g/mol. The minimum atomic E-state index is 0. The van der Waals surface area contributed by atoms with Crippen molar-refractivity contribution in [3.05, 3.63) is 18.2 Å². The van der Waals surface area contributed by atoms with Crippen molar-refractivity contribution in [3.8, 4) is 5.75 Å². The minimum absolute atomic E-state index is 0. The predicted octanol–water partition coefficient (Wildman–Crippen LogP) is 1.18. The Morgan fingerprint density at radius 3 is 2.55 bits per heavy atom. The van der Waals surface area contributed by atoms with E-state index in [1.807, 2.05) is 0 Å². The minimum Gasteiger partial charge on any atom is -0.778 e. The first-order valence-corrected chi connectivity index (χ1v) is 3.25. The zero-order chi connectivity index (χ0) is 7.56. The van der Waals surface area contributed by atoms with Gasteiger partial charge < -0.3 is 23.1 Å². The van der Waals surface area contributed by atoms with Crippen LogP contribution in [0.25, 0.3) is 0 Å². The van der Waals surface area contributed by atoms with E-state index in [1.54, 1.807) is 25.3 Å². The third kappa shape index (κ3) is 2.66. The molecule has 0 heterocycles. The molecule has 1 rings (SSSR count). The first-order valence-electron chi connectivity index (χ1n) is 2.84. The molecular formula is C7H8NOReS-. The van der Waals surface area contributed by atoms with Gasteiger partial charge in [-0.1, -0.05) is 0 Å². The van der Waals surface area contributed by atoms with E-state index in [-0.39, 0.29) is 20.4 Å². The van der Waals surface area contributed by atoms with Crippen molar-refractivity contribution in [2.45, 2.75) is 4.90 Å². The van der Waals surface area contributed by atoms with Crippen LogP contribution in [-0.4, -0.2) is 7.11 Å². The van der Waals surface area contributed by atoms with Crippen LogP contribution in [0.3, 0.4) is 0 Å². The smallest absolute Gasteiger partial charge is 0.117 e. The molecule has 0 atom stereocenters. The number of rotatable bonds is 1. The average molecular weight is 340 g/mol. The third-order valence-electron chi connectivity index (χ3n) is 1.22. The fourth-order valence-electron chi connectivity index (χ4n) is 0.642. The molecule has 0 aliphatic heterocycles. The van der Waals surface area contributed by atoms with Gasteiger partial charge in [0, 0.05) is 26.1 Å². The molecule has 1 radical (unpaired) electrons. The zero-order valence-corrected chi connectivity index (χ0v) is 9.54. The van der Waals surface area contributed by atoms with Gasteiger partial charge in [-0.15, -0.1) is 4.90 Å². The van der Waals surface area contributed by atoms with Crippen LogP contribution in [-0.2, 0) is 33.1 Å². The van der Waals surface area contributed by atoms with Crippen LogP contribution < -0.4 is 10.5 Å². The Morgan fingerprint density at radius 1 is 1.45 bits per heavy atom. The van der Waals surface area contributed by atoms with E-state index in [0.29, 0.717) is 10.6 Å². The molecule has 2 N–H and O–H groups in total. The largest absolute Gasteiger partial charge is 0.778 e.